The van der Waals surface area contributed by atoms with Gasteiger partial charge in [-0.15, -0.1) is 11.3 Å². The van der Waals surface area contributed by atoms with Gasteiger partial charge >= 0.3 is 5.97 Å². The van der Waals surface area contributed by atoms with Crippen LogP contribution in [0.2, 0.25) is 0 Å². The molecule has 0 bridgehead atoms. The molecule has 2 saturated heterocycles. The van der Waals surface area contributed by atoms with Crippen LogP contribution in [0.4, 0.5) is 11.5 Å². The molecule has 10 heteroatoms. The predicted octanol–water partition coefficient (Wildman–Crippen LogP) is 2.95. The van der Waals surface area contributed by atoms with Crippen molar-refractivity contribution in [2.75, 3.05) is 42.3 Å². The minimum atomic E-state index is -3.76. The number of nitrogens with one attached hydrogen (secondary N) is 1. The number of carbonyl (C=O) groups is 1. The van der Waals surface area contributed by atoms with Crippen LogP contribution in [-0.2, 0) is 10.0 Å². The molecule has 0 unspecified atom stereocenters. The number of carboxylic acids is 1. The number of aromatic nitrogens is 1. The Morgan fingerprint density at radius 2 is 2.07 bits per heavy atom. The van der Waals surface area contributed by atoms with Gasteiger partial charge in [-0.25, -0.2) is 18.2 Å². The number of likely N-dealkylation sites (tertiary alicyclic amines) is 1. The van der Waals surface area contributed by atoms with E-state index in [4.69, 9.17) is 0 Å². The number of piperidine rings is 1. The fraction of sp³-hybridized carbons (Fsp3) is 0.500. The summed E-state index contributed by atoms with van der Waals surface area (Å²) in [5.74, 6) is -0.221. The third-order valence-corrected chi connectivity index (χ3v) is 8.42. The summed E-state index contributed by atoms with van der Waals surface area (Å²) in [6.45, 7) is 4.86. The third-order valence-electron chi connectivity index (χ3n) is 5.64. The largest absolute Gasteiger partial charge is 0.478 e. The van der Waals surface area contributed by atoms with Gasteiger partial charge in [-0.2, -0.15) is 0 Å². The molecule has 2 aromatic heterocycles. The summed E-state index contributed by atoms with van der Waals surface area (Å²) in [6.07, 6.45) is 6.03. The molecule has 2 aliphatic heterocycles. The number of sulfonamides is 1. The van der Waals surface area contributed by atoms with Gasteiger partial charge in [0.1, 0.15) is 15.6 Å². The van der Waals surface area contributed by atoms with Gasteiger partial charge in [-0.3, -0.25) is 4.72 Å². The van der Waals surface area contributed by atoms with Crippen molar-refractivity contribution in [1.29, 1.82) is 0 Å². The van der Waals surface area contributed by atoms with Gasteiger partial charge in [0.25, 0.3) is 10.0 Å². The summed E-state index contributed by atoms with van der Waals surface area (Å²) in [4.78, 5) is 20.8. The number of carboxylic acid groups (broad SMARTS) is 1. The van der Waals surface area contributed by atoms with Gasteiger partial charge in [0.15, 0.2) is 0 Å². The Kier molecular flexibility index (Phi) is 6.26. The molecule has 1 atom stereocenters. The minimum Gasteiger partial charge on any atom is -0.478 e. The topological polar surface area (TPSA) is 103 Å². The average Bonchev–Trinajstić information content (AvgIpc) is 3.42. The first-order chi connectivity index (χ1) is 14.4. The highest BCUT2D eigenvalue weighted by atomic mass is 32.2. The lowest BCUT2D eigenvalue weighted by atomic mass is 9.97. The van der Waals surface area contributed by atoms with Gasteiger partial charge in [0.05, 0.1) is 11.9 Å². The van der Waals surface area contributed by atoms with Crippen LogP contribution in [0, 0.1) is 5.92 Å². The van der Waals surface area contributed by atoms with Crippen molar-refractivity contribution >= 4 is 38.8 Å². The van der Waals surface area contributed by atoms with E-state index in [2.05, 4.69) is 14.6 Å². The van der Waals surface area contributed by atoms with Crippen LogP contribution in [0.3, 0.4) is 0 Å². The number of rotatable bonds is 7. The van der Waals surface area contributed by atoms with Crippen molar-refractivity contribution in [3.05, 3.63) is 35.3 Å². The summed E-state index contributed by atoms with van der Waals surface area (Å²) in [5.41, 5.74) is 0.165. The summed E-state index contributed by atoms with van der Waals surface area (Å²) in [7, 11) is -3.76. The molecule has 0 saturated carbocycles. The normalized spacial score (nSPS) is 20.4. The Morgan fingerprint density at radius 3 is 2.77 bits per heavy atom. The van der Waals surface area contributed by atoms with E-state index in [1.807, 2.05) is 4.90 Å². The van der Waals surface area contributed by atoms with E-state index in [1.165, 1.54) is 31.2 Å². The molecule has 4 heterocycles. The van der Waals surface area contributed by atoms with Crippen LogP contribution < -0.4 is 9.62 Å². The Hall–Kier alpha value is -2.17. The van der Waals surface area contributed by atoms with Crippen LogP contribution in [0.5, 0.6) is 0 Å². The highest BCUT2D eigenvalue weighted by molar-refractivity contribution is 7.94. The quantitative estimate of drug-likeness (QED) is 0.668. The zero-order chi connectivity index (χ0) is 21.1. The van der Waals surface area contributed by atoms with Gasteiger partial charge in [-0.1, -0.05) is 6.07 Å². The number of hydrogen-bond acceptors (Lipinski definition) is 7. The van der Waals surface area contributed by atoms with Crippen LogP contribution in [-0.4, -0.2) is 62.1 Å². The summed E-state index contributed by atoms with van der Waals surface area (Å²) in [5, 5.41) is 11.4. The number of anilines is 2. The molecule has 4 rings (SSSR count). The van der Waals surface area contributed by atoms with E-state index in [-0.39, 0.29) is 15.5 Å². The highest BCUT2D eigenvalue weighted by Gasteiger charge is 2.27. The fourth-order valence-electron chi connectivity index (χ4n) is 4.28. The predicted molar refractivity (Wildman–Crippen MR) is 117 cm³/mol. The SMILES string of the molecule is O=C(O)c1cc(NS(=O)(=O)c2cccs2)cnc1N1CCC[C@@H](CN2CCCC2)C1. The van der Waals surface area contributed by atoms with Crippen molar-refractivity contribution in [2.24, 2.45) is 5.92 Å². The molecule has 2 aliphatic rings. The van der Waals surface area contributed by atoms with Gasteiger partial charge in [-0.05, 0) is 62.2 Å². The molecule has 8 nitrogen and oxygen atoms in total. The average molecular weight is 451 g/mol. The zero-order valence-electron chi connectivity index (χ0n) is 16.7. The second-order valence-electron chi connectivity index (χ2n) is 7.90. The summed E-state index contributed by atoms with van der Waals surface area (Å²) >= 11 is 1.10. The molecule has 0 spiro atoms. The Bertz CT molecular complexity index is 988. The molecule has 0 aliphatic carbocycles. The third kappa shape index (κ3) is 4.76. The molecule has 0 radical (unpaired) electrons. The number of nitrogens with zero attached hydrogens (tertiary/aromatic N) is 3. The maximum atomic E-state index is 12.4. The second kappa shape index (κ2) is 8.91. The highest BCUT2D eigenvalue weighted by Crippen LogP contribution is 2.29. The smallest absolute Gasteiger partial charge is 0.339 e. The molecular weight excluding hydrogens is 424 g/mol. The molecule has 30 heavy (non-hydrogen) atoms. The van der Waals surface area contributed by atoms with Gasteiger partial charge in [0.2, 0.25) is 0 Å². The second-order valence-corrected chi connectivity index (χ2v) is 10.8. The Labute approximate surface area is 180 Å². The van der Waals surface area contributed by atoms with E-state index in [0.29, 0.717) is 11.7 Å². The lowest BCUT2D eigenvalue weighted by Gasteiger charge is -2.36. The van der Waals surface area contributed by atoms with Gasteiger partial charge < -0.3 is 14.9 Å². The number of hydrogen-bond donors (Lipinski definition) is 2. The first-order valence-electron chi connectivity index (χ1n) is 10.2. The van der Waals surface area contributed by atoms with Crippen LogP contribution in [0.25, 0.3) is 0 Å². The van der Waals surface area contributed by atoms with Gasteiger partial charge in [0, 0.05) is 19.6 Å². The zero-order valence-corrected chi connectivity index (χ0v) is 18.3. The van der Waals surface area contributed by atoms with E-state index in [0.717, 1.165) is 56.9 Å². The first kappa shape index (κ1) is 21.1. The molecular formula is C20H26N4O4S2. The number of pyridine rings is 1. The molecule has 0 amide bonds. The molecule has 2 aromatic rings. The summed E-state index contributed by atoms with van der Waals surface area (Å²) in [6, 6.07) is 4.51. The van der Waals surface area contributed by atoms with Crippen molar-refractivity contribution in [3.8, 4) is 0 Å². The van der Waals surface area contributed by atoms with Crippen molar-refractivity contribution in [1.82, 2.24) is 9.88 Å². The standard InChI is InChI=1S/C20H26N4O4S2/c25-20(26)17-11-16(22-30(27,28)18-6-4-10-29-18)12-21-19(17)24-9-3-5-15(14-24)13-23-7-1-2-8-23/h4,6,10-12,15,22H,1-3,5,7-9,13-14H2,(H,25,26)/t15-/m0/s1. The van der Waals surface area contributed by atoms with Crippen LogP contribution in [0.15, 0.2) is 34.0 Å². The lowest BCUT2D eigenvalue weighted by Crippen LogP contribution is -2.41. The van der Waals surface area contributed by atoms with E-state index < -0.39 is 16.0 Å². The number of aromatic carboxylic acids is 1. The van der Waals surface area contributed by atoms with Crippen LogP contribution in [0.1, 0.15) is 36.0 Å². The maximum Gasteiger partial charge on any atom is 0.339 e. The molecule has 2 N–H and O–H groups in total. The Balaban J connectivity index is 1.52. The first-order valence-corrected chi connectivity index (χ1v) is 12.6. The maximum absolute atomic E-state index is 12.4. The fourth-order valence-corrected chi connectivity index (χ4v) is 6.31. The lowest BCUT2D eigenvalue weighted by molar-refractivity contribution is 0.0697. The summed E-state index contributed by atoms with van der Waals surface area (Å²) < 4.78 is 27.5. The van der Waals surface area contributed by atoms with Crippen molar-refractivity contribution in [3.63, 3.8) is 0 Å². The molecule has 162 valence electrons. The van der Waals surface area contributed by atoms with Crippen molar-refractivity contribution < 1.29 is 18.3 Å². The molecule has 0 aromatic carbocycles. The number of thiophene rings is 1. The monoisotopic (exact) mass is 450 g/mol. The van der Waals surface area contributed by atoms with Crippen molar-refractivity contribution in [2.45, 2.75) is 29.9 Å². The minimum absolute atomic E-state index is 0.0169. The molecule has 2 fully saturated rings. The van der Waals surface area contributed by atoms with Crippen LogP contribution >= 0.6 is 11.3 Å². The Morgan fingerprint density at radius 1 is 1.27 bits per heavy atom. The van der Waals surface area contributed by atoms with E-state index in [9.17, 15) is 18.3 Å². The van der Waals surface area contributed by atoms with E-state index in [1.54, 1.807) is 11.4 Å². The van der Waals surface area contributed by atoms with E-state index >= 15 is 0 Å².